The van der Waals surface area contributed by atoms with E-state index in [0.29, 0.717) is 27.5 Å². The minimum atomic E-state index is -0.124. The lowest BCUT2D eigenvalue weighted by atomic mass is 10.2. The van der Waals surface area contributed by atoms with Crippen LogP contribution in [0.25, 0.3) is 10.9 Å². The van der Waals surface area contributed by atoms with Crippen molar-refractivity contribution in [3.05, 3.63) is 52.0 Å². The van der Waals surface area contributed by atoms with Gasteiger partial charge in [-0.2, -0.15) is 0 Å². The maximum absolute atomic E-state index is 9.81. The SMILES string of the molecule is Oc1ccc2c(c1)c(O)nn2Cc1ccc(Cl)cc1Cl. The lowest BCUT2D eigenvalue weighted by molar-refractivity contribution is 0.445. The molecule has 0 radical (unpaired) electrons. The molecule has 1 aromatic heterocycles. The van der Waals surface area contributed by atoms with Gasteiger partial charge in [-0.25, -0.2) is 0 Å². The van der Waals surface area contributed by atoms with Crippen molar-refractivity contribution >= 4 is 34.1 Å². The van der Waals surface area contributed by atoms with E-state index in [2.05, 4.69) is 5.10 Å². The van der Waals surface area contributed by atoms with Gasteiger partial charge in [-0.05, 0) is 35.9 Å². The number of aromatic nitrogens is 2. The van der Waals surface area contributed by atoms with E-state index >= 15 is 0 Å². The van der Waals surface area contributed by atoms with Crippen molar-refractivity contribution in [2.75, 3.05) is 0 Å². The number of benzene rings is 2. The second kappa shape index (κ2) is 4.89. The summed E-state index contributed by atoms with van der Waals surface area (Å²) in [7, 11) is 0. The molecule has 2 N–H and O–H groups in total. The molecule has 2 aromatic carbocycles. The van der Waals surface area contributed by atoms with Crippen molar-refractivity contribution < 1.29 is 10.2 Å². The van der Waals surface area contributed by atoms with E-state index in [-0.39, 0.29) is 11.6 Å². The van der Waals surface area contributed by atoms with Crippen LogP contribution in [0.4, 0.5) is 0 Å². The zero-order valence-corrected chi connectivity index (χ0v) is 11.7. The van der Waals surface area contributed by atoms with Gasteiger partial charge in [0.15, 0.2) is 0 Å². The normalized spacial score (nSPS) is 11.1. The van der Waals surface area contributed by atoms with Crippen LogP contribution in [0.1, 0.15) is 5.56 Å². The summed E-state index contributed by atoms with van der Waals surface area (Å²) in [5.74, 6) is -0.0436. The van der Waals surface area contributed by atoms with E-state index in [1.165, 1.54) is 6.07 Å². The summed E-state index contributed by atoms with van der Waals surface area (Å²) in [5.41, 5.74) is 1.56. The van der Waals surface area contributed by atoms with E-state index in [1.807, 2.05) is 6.07 Å². The molecule has 0 spiro atoms. The van der Waals surface area contributed by atoms with Crippen molar-refractivity contribution in [2.24, 2.45) is 0 Å². The first-order chi connectivity index (χ1) is 9.54. The number of nitrogens with zero attached hydrogens (tertiary/aromatic N) is 2. The highest BCUT2D eigenvalue weighted by molar-refractivity contribution is 6.35. The van der Waals surface area contributed by atoms with E-state index in [4.69, 9.17) is 23.2 Å². The van der Waals surface area contributed by atoms with E-state index < -0.39 is 0 Å². The standard InChI is InChI=1S/C14H10Cl2N2O2/c15-9-2-1-8(12(16)5-9)7-18-13-4-3-10(19)6-11(13)14(20)17-18/h1-6,19H,7H2,(H,17,20). The topological polar surface area (TPSA) is 58.3 Å². The second-order valence-electron chi connectivity index (χ2n) is 4.42. The van der Waals surface area contributed by atoms with Crippen LogP contribution in [0.2, 0.25) is 10.0 Å². The Bertz CT molecular complexity index is 799. The molecule has 6 heteroatoms. The maximum Gasteiger partial charge on any atom is 0.238 e. The molecule has 0 bridgehead atoms. The monoisotopic (exact) mass is 308 g/mol. The number of phenols is 1. The van der Waals surface area contributed by atoms with Crippen LogP contribution in [0.5, 0.6) is 11.6 Å². The molecule has 0 unspecified atom stereocenters. The van der Waals surface area contributed by atoms with E-state index in [1.54, 1.807) is 28.9 Å². The summed E-state index contributed by atoms with van der Waals surface area (Å²) < 4.78 is 1.62. The van der Waals surface area contributed by atoms with Crippen LogP contribution in [-0.4, -0.2) is 20.0 Å². The van der Waals surface area contributed by atoms with Crippen molar-refractivity contribution in [3.8, 4) is 11.6 Å². The Kier molecular flexibility index (Phi) is 3.20. The predicted molar refractivity (Wildman–Crippen MR) is 78.6 cm³/mol. The van der Waals surface area contributed by atoms with Crippen molar-refractivity contribution in [2.45, 2.75) is 6.54 Å². The summed E-state index contributed by atoms with van der Waals surface area (Å²) in [5, 5.41) is 24.9. The van der Waals surface area contributed by atoms with Gasteiger partial charge < -0.3 is 10.2 Å². The minimum absolute atomic E-state index is 0.0804. The largest absolute Gasteiger partial charge is 0.508 e. The zero-order valence-electron chi connectivity index (χ0n) is 10.2. The molecular weight excluding hydrogens is 299 g/mol. The molecule has 4 nitrogen and oxygen atoms in total. The summed E-state index contributed by atoms with van der Waals surface area (Å²) in [6.07, 6.45) is 0. The van der Waals surface area contributed by atoms with Gasteiger partial charge in [-0.1, -0.05) is 29.3 Å². The third-order valence-electron chi connectivity index (χ3n) is 3.05. The third kappa shape index (κ3) is 2.28. The molecule has 0 atom stereocenters. The molecule has 3 aromatic rings. The number of hydrogen-bond acceptors (Lipinski definition) is 3. The Morgan fingerprint density at radius 3 is 2.60 bits per heavy atom. The summed E-state index contributed by atoms with van der Waals surface area (Å²) >= 11 is 12.0. The molecule has 0 saturated carbocycles. The first kappa shape index (κ1) is 13.1. The van der Waals surface area contributed by atoms with E-state index in [9.17, 15) is 10.2 Å². The number of fused-ring (bicyclic) bond motifs is 1. The van der Waals surface area contributed by atoms with Gasteiger partial charge in [0.2, 0.25) is 5.88 Å². The number of rotatable bonds is 2. The predicted octanol–water partition coefficient (Wildman–Crippen LogP) is 3.80. The minimum Gasteiger partial charge on any atom is -0.508 e. The number of aromatic hydroxyl groups is 2. The van der Waals surface area contributed by atoms with Gasteiger partial charge in [0, 0.05) is 10.0 Å². The van der Waals surface area contributed by atoms with E-state index in [0.717, 1.165) is 5.56 Å². The van der Waals surface area contributed by atoms with Gasteiger partial charge in [0.25, 0.3) is 0 Å². The molecule has 0 aliphatic heterocycles. The number of phenolic OH excluding ortho intramolecular Hbond substituents is 1. The van der Waals surface area contributed by atoms with Gasteiger partial charge in [0.05, 0.1) is 17.4 Å². The highest BCUT2D eigenvalue weighted by Gasteiger charge is 2.11. The molecule has 0 saturated heterocycles. The lowest BCUT2D eigenvalue weighted by Gasteiger charge is -2.06. The fourth-order valence-corrected chi connectivity index (χ4v) is 2.55. The molecule has 3 rings (SSSR count). The average molecular weight is 309 g/mol. The zero-order chi connectivity index (χ0) is 14.3. The Hall–Kier alpha value is -1.91. The van der Waals surface area contributed by atoms with Crippen molar-refractivity contribution in [3.63, 3.8) is 0 Å². The van der Waals surface area contributed by atoms with Crippen LogP contribution in [0.3, 0.4) is 0 Å². The first-order valence-corrected chi connectivity index (χ1v) is 6.62. The van der Waals surface area contributed by atoms with Crippen LogP contribution in [-0.2, 0) is 6.54 Å². The summed E-state index contributed by atoms with van der Waals surface area (Å²) in [4.78, 5) is 0. The molecule has 102 valence electrons. The van der Waals surface area contributed by atoms with Crippen molar-refractivity contribution in [1.82, 2.24) is 9.78 Å². The lowest BCUT2D eigenvalue weighted by Crippen LogP contribution is -2.01. The van der Waals surface area contributed by atoms with Gasteiger partial charge in [-0.15, -0.1) is 5.10 Å². The molecule has 0 amide bonds. The summed E-state index contributed by atoms with van der Waals surface area (Å²) in [6, 6.07) is 9.94. The van der Waals surface area contributed by atoms with Gasteiger partial charge in [-0.3, -0.25) is 4.68 Å². The van der Waals surface area contributed by atoms with Crippen LogP contribution < -0.4 is 0 Å². The smallest absolute Gasteiger partial charge is 0.238 e. The van der Waals surface area contributed by atoms with Gasteiger partial charge in [0.1, 0.15) is 5.75 Å². The van der Waals surface area contributed by atoms with Crippen LogP contribution in [0.15, 0.2) is 36.4 Å². The van der Waals surface area contributed by atoms with Gasteiger partial charge >= 0.3 is 0 Å². The fourth-order valence-electron chi connectivity index (χ4n) is 2.08. The molecule has 1 heterocycles. The molecule has 0 fully saturated rings. The Labute approximate surface area is 124 Å². The Morgan fingerprint density at radius 2 is 1.85 bits per heavy atom. The number of hydrogen-bond donors (Lipinski definition) is 2. The fraction of sp³-hybridized carbons (Fsp3) is 0.0714. The molecule has 0 aliphatic rings. The molecular formula is C14H10Cl2N2O2. The molecule has 0 aliphatic carbocycles. The second-order valence-corrected chi connectivity index (χ2v) is 5.26. The Morgan fingerprint density at radius 1 is 1.05 bits per heavy atom. The quantitative estimate of drug-likeness (QED) is 0.757. The number of halogens is 2. The molecule has 20 heavy (non-hydrogen) atoms. The van der Waals surface area contributed by atoms with Crippen LogP contribution >= 0.6 is 23.2 Å². The Balaban J connectivity index is 2.07. The maximum atomic E-state index is 9.81. The highest BCUT2D eigenvalue weighted by Crippen LogP contribution is 2.29. The summed E-state index contributed by atoms with van der Waals surface area (Å²) in [6.45, 7) is 0.401. The third-order valence-corrected chi connectivity index (χ3v) is 3.64. The van der Waals surface area contributed by atoms with Crippen molar-refractivity contribution in [1.29, 1.82) is 0 Å². The van der Waals surface area contributed by atoms with Crippen LogP contribution in [0, 0.1) is 0 Å². The average Bonchev–Trinajstić information content (AvgIpc) is 2.69. The first-order valence-electron chi connectivity index (χ1n) is 5.87. The highest BCUT2D eigenvalue weighted by atomic mass is 35.5.